The third-order valence-electron chi connectivity index (χ3n) is 4.04. The molecule has 1 fully saturated rings. The number of carbonyl (C=O) groups excluding carboxylic acids is 2. The normalized spacial score (nSPS) is 21.6. The van der Waals surface area contributed by atoms with E-state index in [2.05, 4.69) is 12.2 Å². The second-order valence-electron chi connectivity index (χ2n) is 5.54. The molecule has 20 heavy (non-hydrogen) atoms. The average Bonchev–Trinajstić information content (AvgIpc) is 2.86. The van der Waals surface area contributed by atoms with Gasteiger partial charge in [-0.3, -0.25) is 4.79 Å². The summed E-state index contributed by atoms with van der Waals surface area (Å²) in [5.74, 6) is 0.0244. The molecular weight excluding hydrogens is 254 g/mol. The third-order valence-corrected chi connectivity index (χ3v) is 4.04. The highest BCUT2D eigenvalue weighted by Crippen LogP contribution is 2.32. The summed E-state index contributed by atoms with van der Waals surface area (Å²) in [7, 11) is 1.34. The van der Waals surface area contributed by atoms with Gasteiger partial charge in [0.15, 0.2) is 0 Å². The lowest BCUT2D eigenvalue weighted by atomic mass is 9.97. The Morgan fingerprint density at radius 1 is 1.30 bits per heavy atom. The van der Waals surface area contributed by atoms with Crippen LogP contribution in [0.25, 0.3) is 0 Å². The van der Waals surface area contributed by atoms with E-state index in [0.29, 0.717) is 17.2 Å². The van der Waals surface area contributed by atoms with Gasteiger partial charge in [-0.25, -0.2) is 4.79 Å². The number of esters is 1. The molecule has 1 aliphatic rings. The highest BCUT2D eigenvalue weighted by Gasteiger charge is 2.30. The van der Waals surface area contributed by atoms with E-state index in [-0.39, 0.29) is 11.8 Å². The Hall–Kier alpha value is -1.84. The summed E-state index contributed by atoms with van der Waals surface area (Å²) in [5, 5.41) is 2.89. The van der Waals surface area contributed by atoms with Crippen LogP contribution >= 0.6 is 0 Å². The Labute approximate surface area is 119 Å². The van der Waals surface area contributed by atoms with E-state index in [4.69, 9.17) is 4.74 Å². The lowest BCUT2D eigenvalue weighted by Gasteiger charge is -2.17. The van der Waals surface area contributed by atoms with Gasteiger partial charge < -0.3 is 10.1 Å². The molecule has 0 saturated heterocycles. The molecular formula is C16H21NO3. The summed E-state index contributed by atoms with van der Waals surface area (Å²) >= 11 is 0. The van der Waals surface area contributed by atoms with Crippen LogP contribution in [0.2, 0.25) is 0 Å². The highest BCUT2D eigenvalue weighted by molar-refractivity contribution is 6.02. The van der Waals surface area contributed by atoms with E-state index in [1.807, 2.05) is 13.0 Å². The number of aryl methyl sites for hydroxylation is 1. The van der Waals surface area contributed by atoms with Crippen molar-refractivity contribution >= 4 is 17.6 Å². The lowest BCUT2D eigenvalue weighted by Crippen LogP contribution is -2.25. The van der Waals surface area contributed by atoms with Crippen LogP contribution in [0, 0.1) is 18.8 Å². The van der Waals surface area contributed by atoms with E-state index in [1.165, 1.54) is 7.11 Å². The standard InChI is InChI=1S/C16H21NO3/c1-10-7-8-14(13(9-10)16(19)20-3)17-15(18)12-6-4-5-11(12)2/h7-9,11-12H,4-6H2,1-3H3,(H,17,18). The predicted octanol–water partition coefficient (Wildman–Crippen LogP) is 3.16. The molecule has 1 aromatic carbocycles. The topological polar surface area (TPSA) is 55.4 Å². The van der Waals surface area contributed by atoms with Gasteiger partial charge in [0.2, 0.25) is 5.91 Å². The predicted molar refractivity (Wildman–Crippen MR) is 77.7 cm³/mol. The quantitative estimate of drug-likeness (QED) is 0.862. The zero-order valence-corrected chi connectivity index (χ0v) is 12.2. The molecule has 108 valence electrons. The Morgan fingerprint density at radius 2 is 2.05 bits per heavy atom. The molecule has 1 N–H and O–H groups in total. The van der Waals surface area contributed by atoms with Gasteiger partial charge in [-0.15, -0.1) is 0 Å². The fourth-order valence-corrected chi connectivity index (χ4v) is 2.81. The summed E-state index contributed by atoms with van der Waals surface area (Å²) in [6.07, 6.45) is 3.11. The third kappa shape index (κ3) is 3.00. The van der Waals surface area contributed by atoms with Crippen molar-refractivity contribution in [3.05, 3.63) is 29.3 Å². The SMILES string of the molecule is COC(=O)c1cc(C)ccc1NC(=O)C1CCCC1C. The summed E-state index contributed by atoms with van der Waals surface area (Å²) in [6.45, 7) is 4.00. The number of benzene rings is 1. The Morgan fingerprint density at radius 3 is 2.65 bits per heavy atom. The van der Waals surface area contributed by atoms with Crippen molar-refractivity contribution in [1.82, 2.24) is 0 Å². The fraction of sp³-hybridized carbons (Fsp3) is 0.500. The maximum atomic E-state index is 12.3. The largest absolute Gasteiger partial charge is 0.465 e. The minimum absolute atomic E-state index is 0.00371. The van der Waals surface area contributed by atoms with Gasteiger partial charge in [-0.05, 0) is 37.8 Å². The number of hydrogen-bond donors (Lipinski definition) is 1. The summed E-state index contributed by atoms with van der Waals surface area (Å²) in [5.41, 5.74) is 1.90. The first-order valence-electron chi connectivity index (χ1n) is 7.02. The summed E-state index contributed by atoms with van der Waals surface area (Å²) in [4.78, 5) is 24.1. The van der Waals surface area contributed by atoms with Crippen LogP contribution in [-0.2, 0) is 9.53 Å². The van der Waals surface area contributed by atoms with Crippen LogP contribution in [0.3, 0.4) is 0 Å². The smallest absolute Gasteiger partial charge is 0.339 e. The van der Waals surface area contributed by atoms with Crippen molar-refractivity contribution in [2.45, 2.75) is 33.1 Å². The highest BCUT2D eigenvalue weighted by atomic mass is 16.5. The summed E-state index contributed by atoms with van der Waals surface area (Å²) in [6, 6.07) is 5.37. The van der Waals surface area contributed by atoms with Gasteiger partial charge in [-0.1, -0.05) is 25.0 Å². The molecule has 1 aliphatic carbocycles. The second kappa shape index (κ2) is 6.07. The molecule has 0 bridgehead atoms. The number of methoxy groups -OCH3 is 1. The molecule has 0 spiro atoms. The van der Waals surface area contributed by atoms with Gasteiger partial charge in [0, 0.05) is 5.92 Å². The minimum atomic E-state index is -0.427. The van der Waals surface area contributed by atoms with Crippen LogP contribution in [-0.4, -0.2) is 19.0 Å². The van der Waals surface area contributed by atoms with Crippen molar-refractivity contribution < 1.29 is 14.3 Å². The number of ether oxygens (including phenoxy) is 1. The Balaban J connectivity index is 2.20. The first-order chi connectivity index (χ1) is 9.52. The van der Waals surface area contributed by atoms with Crippen molar-refractivity contribution in [1.29, 1.82) is 0 Å². The number of hydrogen-bond acceptors (Lipinski definition) is 3. The molecule has 1 aromatic rings. The molecule has 4 heteroatoms. The van der Waals surface area contributed by atoms with Crippen LogP contribution in [0.4, 0.5) is 5.69 Å². The fourth-order valence-electron chi connectivity index (χ4n) is 2.81. The van der Waals surface area contributed by atoms with Crippen molar-refractivity contribution in [2.24, 2.45) is 11.8 Å². The number of rotatable bonds is 3. The molecule has 2 unspecified atom stereocenters. The molecule has 0 heterocycles. The minimum Gasteiger partial charge on any atom is -0.465 e. The van der Waals surface area contributed by atoms with Crippen molar-refractivity contribution in [2.75, 3.05) is 12.4 Å². The second-order valence-corrected chi connectivity index (χ2v) is 5.54. The molecule has 1 amide bonds. The van der Waals surface area contributed by atoms with E-state index < -0.39 is 5.97 Å². The molecule has 4 nitrogen and oxygen atoms in total. The van der Waals surface area contributed by atoms with Gasteiger partial charge in [-0.2, -0.15) is 0 Å². The van der Waals surface area contributed by atoms with Crippen LogP contribution in [0.15, 0.2) is 18.2 Å². The summed E-state index contributed by atoms with van der Waals surface area (Å²) < 4.78 is 4.77. The van der Waals surface area contributed by atoms with Gasteiger partial charge >= 0.3 is 5.97 Å². The average molecular weight is 275 g/mol. The maximum Gasteiger partial charge on any atom is 0.339 e. The van der Waals surface area contributed by atoms with E-state index in [0.717, 1.165) is 24.8 Å². The first-order valence-corrected chi connectivity index (χ1v) is 7.02. The molecule has 0 aromatic heterocycles. The van der Waals surface area contributed by atoms with Crippen molar-refractivity contribution in [3.8, 4) is 0 Å². The number of amides is 1. The molecule has 2 atom stereocenters. The monoisotopic (exact) mass is 275 g/mol. The number of anilines is 1. The van der Waals surface area contributed by atoms with E-state index in [9.17, 15) is 9.59 Å². The molecule has 2 rings (SSSR count). The van der Waals surface area contributed by atoms with Crippen LogP contribution in [0.1, 0.15) is 42.1 Å². The van der Waals surface area contributed by atoms with E-state index in [1.54, 1.807) is 12.1 Å². The van der Waals surface area contributed by atoms with Crippen LogP contribution < -0.4 is 5.32 Å². The van der Waals surface area contributed by atoms with E-state index >= 15 is 0 Å². The first kappa shape index (κ1) is 14.6. The van der Waals surface area contributed by atoms with Crippen molar-refractivity contribution in [3.63, 3.8) is 0 Å². The molecule has 0 aliphatic heterocycles. The number of carbonyl (C=O) groups is 2. The van der Waals surface area contributed by atoms with Crippen LogP contribution in [0.5, 0.6) is 0 Å². The molecule has 1 saturated carbocycles. The molecule has 0 radical (unpaired) electrons. The Bertz CT molecular complexity index is 524. The van der Waals surface area contributed by atoms with Gasteiger partial charge in [0.1, 0.15) is 0 Å². The van der Waals surface area contributed by atoms with Gasteiger partial charge in [0.05, 0.1) is 18.4 Å². The lowest BCUT2D eigenvalue weighted by molar-refractivity contribution is -0.120. The maximum absolute atomic E-state index is 12.3. The number of nitrogens with one attached hydrogen (secondary N) is 1. The zero-order valence-electron chi connectivity index (χ0n) is 12.2. The Kier molecular flexibility index (Phi) is 4.42. The van der Waals surface area contributed by atoms with Gasteiger partial charge in [0.25, 0.3) is 0 Å². The zero-order chi connectivity index (χ0) is 14.7.